The molecule has 0 saturated heterocycles. The van der Waals surface area contributed by atoms with Gasteiger partial charge in [0, 0.05) is 5.41 Å². The predicted molar refractivity (Wildman–Crippen MR) is 71.2 cm³/mol. The quantitative estimate of drug-likeness (QED) is 0.827. The zero-order valence-corrected chi connectivity index (χ0v) is 10.9. The van der Waals surface area contributed by atoms with E-state index in [1.54, 1.807) is 0 Å². The van der Waals surface area contributed by atoms with Crippen LogP contribution in [0, 0.1) is 28.6 Å². The van der Waals surface area contributed by atoms with Gasteiger partial charge in [-0.3, -0.25) is 4.79 Å². The minimum absolute atomic E-state index is 0.0220. The van der Waals surface area contributed by atoms with Crippen molar-refractivity contribution in [2.75, 3.05) is 0 Å². The van der Waals surface area contributed by atoms with Gasteiger partial charge in [0.15, 0.2) is 5.78 Å². The number of Topliss-reactive ketones (excluding diaryl/α,β-unsaturated/α-hetero) is 1. The summed E-state index contributed by atoms with van der Waals surface area (Å²) in [5, 5.41) is 9.33. The van der Waals surface area contributed by atoms with E-state index in [9.17, 15) is 10.1 Å². The lowest BCUT2D eigenvalue weighted by Crippen LogP contribution is -2.45. The molecular weight excluding hydrogens is 234 g/mol. The molecule has 2 nitrogen and oxygen atoms in total. The van der Waals surface area contributed by atoms with Crippen molar-refractivity contribution in [1.82, 2.24) is 0 Å². The van der Waals surface area contributed by atoms with Crippen molar-refractivity contribution >= 4 is 5.78 Å². The Morgan fingerprint density at radius 2 is 1.89 bits per heavy atom. The molecule has 0 N–H and O–H groups in total. The third-order valence-electron chi connectivity index (χ3n) is 5.66. The number of hydrogen-bond donors (Lipinski definition) is 0. The highest BCUT2D eigenvalue weighted by Gasteiger charge is 2.68. The second-order valence-corrected chi connectivity index (χ2v) is 6.63. The number of rotatable bonds is 3. The summed E-state index contributed by atoms with van der Waals surface area (Å²) in [5.74, 6) is 0.998. The van der Waals surface area contributed by atoms with Crippen LogP contribution in [0.5, 0.6) is 0 Å². The van der Waals surface area contributed by atoms with Crippen molar-refractivity contribution in [2.45, 2.75) is 37.5 Å². The van der Waals surface area contributed by atoms with Gasteiger partial charge in [0.1, 0.15) is 0 Å². The second-order valence-electron chi connectivity index (χ2n) is 6.63. The largest absolute Gasteiger partial charge is 0.298 e. The molecule has 0 amide bonds. The van der Waals surface area contributed by atoms with Gasteiger partial charge in [0.05, 0.1) is 17.4 Å². The van der Waals surface area contributed by atoms with E-state index in [-0.39, 0.29) is 16.7 Å². The summed E-state index contributed by atoms with van der Waals surface area (Å²) in [6, 6.07) is 12.6. The van der Waals surface area contributed by atoms with Crippen LogP contribution in [0.4, 0.5) is 0 Å². The third-order valence-corrected chi connectivity index (χ3v) is 5.66. The monoisotopic (exact) mass is 251 g/mol. The van der Waals surface area contributed by atoms with E-state index < -0.39 is 0 Å². The normalized spacial score (nSPS) is 37.2. The number of nitrogens with zero attached hydrogens (tertiary/aromatic N) is 1. The average Bonchev–Trinajstić information content (AvgIpc) is 3.03. The minimum Gasteiger partial charge on any atom is -0.298 e. The van der Waals surface area contributed by atoms with E-state index in [0.29, 0.717) is 11.7 Å². The molecule has 1 aromatic carbocycles. The van der Waals surface area contributed by atoms with Crippen LogP contribution in [-0.4, -0.2) is 5.78 Å². The molecule has 2 heteroatoms. The van der Waals surface area contributed by atoms with Crippen molar-refractivity contribution in [1.29, 1.82) is 5.26 Å². The predicted octanol–water partition coefficient (Wildman–Crippen LogP) is 3.23. The fourth-order valence-electron chi connectivity index (χ4n) is 4.51. The van der Waals surface area contributed by atoms with Gasteiger partial charge in [0.25, 0.3) is 0 Å². The summed E-state index contributed by atoms with van der Waals surface area (Å²) < 4.78 is 0. The summed E-state index contributed by atoms with van der Waals surface area (Å²) in [5.41, 5.74) is 0.638. The maximum absolute atomic E-state index is 13.1. The second kappa shape index (κ2) is 3.48. The molecule has 5 rings (SSSR count). The number of carbonyl (C=O) groups is 1. The lowest BCUT2D eigenvalue weighted by atomic mass is 9.60. The van der Waals surface area contributed by atoms with Gasteiger partial charge in [0.2, 0.25) is 0 Å². The van der Waals surface area contributed by atoms with Crippen molar-refractivity contribution in [3.8, 4) is 6.07 Å². The number of hydrogen-bond acceptors (Lipinski definition) is 2. The van der Waals surface area contributed by atoms with Crippen molar-refractivity contribution in [3.05, 3.63) is 35.9 Å². The Morgan fingerprint density at radius 3 is 2.47 bits per heavy atom. The van der Waals surface area contributed by atoms with E-state index in [1.807, 2.05) is 18.2 Å². The van der Waals surface area contributed by atoms with Crippen LogP contribution in [0.25, 0.3) is 0 Å². The number of fused-ring (bicyclic) bond motifs is 1. The number of nitriles is 1. The van der Waals surface area contributed by atoms with E-state index >= 15 is 0 Å². The van der Waals surface area contributed by atoms with Crippen molar-refractivity contribution in [3.63, 3.8) is 0 Å². The Bertz CT molecular complexity index is 573. The summed E-state index contributed by atoms with van der Waals surface area (Å²) in [6.07, 6.45) is 4.84. The molecule has 4 fully saturated rings. The average molecular weight is 251 g/mol. The number of carbonyl (C=O) groups excluding carboxylic acids is 1. The van der Waals surface area contributed by atoms with Crippen LogP contribution in [0.2, 0.25) is 0 Å². The Balaban J connectivity index is 1.71. The third kappa shape index (κ3) is 1.28. The highest BCUT2D eigenvalue weighted by atomic mass is 16.1. The molecule has 96 valence electrons. The fraction of sp³-hybridized carbons (Fsp3) is 0.529. The van der Waals surface area contributed by atoms with E-state index in [4.69, 9.17) is 0 Å². The molecule has 4 aliphatic rings. The lowest BCUT2D eigenvalue weighted by molar-refractivity contribution is -0.136. The highest BCUT2D eigenvalue weighted by molar-refractivity contribution is 5.99. The topological polar surface area (TPSA) is 40.9 Å². The Labute approximate surface area is 113 Å². The lowest BCUT2D eigenvalue weighted by Gasteiger charge is -2.41. The standard InChI is InChI=1S/C17H17NO/c18-11-14-8-12-9-17(14,10-12)15(19)16(6-7-16)13-4-2-1-3-5-13/h1-5,12,14H,6-10H2. The molecular formula is C17H17NO. The van der Waals surface area contributed by atoms with Gasteiger partial charge < -0.3 is 0 Å². The Kier molecular flexibility index (Phi) is 2.05. The number of ketones is 1. The molecule has 4 saturated carbocycles. The van der Waals surface area contributed by atoms with Gasteiger partial charge in [-0.05, 0) is 43.6 Å². The van der Waals surface area contributed by atoms with Gasteiger partial charge >= 0.3 is 0 Å². The highest BCUT2D eigenvalue weighted by Crippen LogP contribution is 2.67. The number of benzene rings is 1. The first-order valence-electron chi connectivity index (χ1n) is 7.21. The Morgan fingerprint density at radius 1 is 1.21 bits per heavy atom. The van der Waals surface area contributed by atoms with Crippen molar-refractivity contribution < 1.29 is 4.79 Å². The van der Waals surface area contributed by atoms with E-state index in [0.717, 1.165) is 32.1 Å². The van der Waals surface area contributed by atoms with E-state index in [2.05, 4.69) is 18.2 Å². The molecule has 19 heavy (non-hydrogen) atoms. The minimum atomic E-state index is -0.286. The molecule has 0 heterocycles. The summed E-state index contributed by atoms with van der Waals surface area (Å²) in [4.78, 5) is 13.1. The van der Waals surface area contributed by atoms with Gasteiger partial charge in [-0.15, -0.1) is 0 Å². The van der Waals surface area contributed by atoms with Gasteiger partial charge in [-0.25, -0.2) is 0 Å². The van der Waals surface area contributed by atoms with Crippen LogP contribution in [0.1, 0.15) is 37.7 Å². The zero-order chi connectivity index (χ0) is 13.1. The van der Waals surface area contributed by atoms with Gasteiger partial charge in [-0.1, -0.05) is 30.3 Å². The fourth-order valence-corrected chi connectivity index (χ4v) is 4.51. The molecule has 0 aliphatic heterocycles. The summed E-state index contributed by atoms with van der Waals surface area (Å²) in [6.45, 7) is 0. The molecule has 2 bridgehead atoms. The first-order chi connectivity index (χ1) is 9.21. The summed E-state index contributed by atoms with van der Waals surface area (Å²) in [7, 11) is 0. The zero-order valence-electron chi connectivity index (χ0n) is 10.9. The summed E-state index contributed by atoms with van der Waals surface area (Å²) >= 11 is 0. The first-order valence-corrected chi connectivity index (χ1v) is 7.21. The van der Waals surface area contributed by atoms with Crippen molar-refractivity contribution in [2.24, 2.45) is 17.3 Å². The molecule has 0 aromatic heterocycles. The van der Waals surface area contributed by atoms with E-state index in [1.165, 1.54) is 5.56 Å². The van der Waals surface area contributed by atoms with Crippen LogP contribution < -0.4 is 0 Å². The van der Waals surface area contributed by atoms with Crippen LogP contribution in [-0.2, 0) is 10.2 Å². The first kappa shape index (κ1) is 11.2. The maximum Gasteiger partial charge on any atom is 0.150 e. The molecule has 1 aromatic rings. The molecule has 1 unspecified atom stereocenters. The van der Waals surface area contributed by atoms with Crippen LogP contribution in [0.15, 0.2) is 30.3 Å². The molecule has 4 aliphatic carbocycles. The SMILES string of the molecule is N#CC1CC2CC1(C(=O)C1(c3ccccc3)CC1)C2. The maximum atomic E-state index is 13.1. The van der Waals surface area contributed by atoms with Crippen LogP contribution in [0.3, 0.4) is 0 Å². The van der Waals surface area contributed by atoms with Gasteiger partial charge in [-0.2, -0.15) is 5.26 Å². The Hall–Kier alpha value is -1.62. The molecule has 0 radical (unpaired) electrons. The molecule has 0 spiro atoms. The van der Waals surface area contributed by atoms with Crippen LogP contribution >= 0.6 is 0 Å². The smallest absolute Gasteiger partial charge is 0.150 e. The molecule has 1 atom stereocenters.